The highest BCUT2D eigenvalue weighted by atomic mass is 16.5. The number of carbonyl (C=O) groups is 1. The number of aromatic nitrogens is 4. The molecule has 132 valence electrons. The van der Waals surface area contributed by atoms with Crippen molar-refractivity contribution in [3.8, 4) is 11.6 Å². The highest BCUT2D eigenvalue weighted by molar-refractivity contribution is 5.90. The number of nitrogens with zero attached hydrogens (tertiary/aromatic N) is 5. The minimum atomic E-state index is -0.220. The number of hydrogen-bond acceptors (Lipinski definition) is 5. The molecule has 2 amide bonds. The number of ether oxygens (including phenoxy) is 1. The normalized spacial score (nSPS) is 13.2. The van der Waals surface area contributed by atoms with Crippen molar-refractivity contribution in [1.29, 1.82) is 0 Å². The predicted octanol–water partition coefficient (Wildman–Crippen LogP) is 2.82. The van der Waals surface area contributed by atoms with E-state index in [1.807, 2.05) is 41.8 Å². The van der Waals surface area contributed by atoms with Gasteiger partial charge in [-0.2, -0.15) is 0 Å². The van der Waals surface area contributed by atoms with Gasteiger partial charge in [-0.15, -0.1) is 10.2 Å². The number of nitrogens with one attached hydrogen (secondary N) is 1. The van der Waals surface area contributed by atoms with Crippen molar-refractivity contribution in [2.24, 2.45) is 0 Å². The summed E-state index contributed by atoms with van der Waals surface area (Å²) in [6.45, 7) is 3.60. The topological polar surface area (TPSA) is 85.2 Å². The van der Waals surface area contributed by atoms with Gasteiger partial charge in [-0.05, 0) is 31.2 Å². The number of urea groups is 1. The molecule has 0 atom stereocenters. The molecule has 8 heteroatoms. The Labute approximate surface area is 150 Å². The van der Waals surface area contributed by atoms with Crippen LogP contribution in [0.2, 0.25) is 0 Å². The van der Waals surface area contributed by atoms with Gasteiger partial charge >= 0.3 is 6.03 Å². The first-order valence-electron chi connectivity index (χ1n) is 8.33. The third-order valence-corrected chi connectivity index (χ3v) is 4.20. The van der Waals surface area contributed by atoms with E-state index in [1.165, 1.54) is 0 Å². The fourth-order valence-electron chi connectivity index (χ4n) is 2.84. The first kappa shape index (κ1) is 16.1. The molecule has 1 N–H and O–H groups in total. The molecule has 0 unspecified atom stereocenters. The zero-order valence-corrected chi connectivity index (χ0v) is 14.3. The Hall–Kier alpha value is -3.42. The Balaban J connectivity index is 1.48. The second kappa shape index (κ2) is 6.83. The molecule has 1 aromatic carbocycles. The lowest BCUT2D eigenvalue weighted by molar-refractivity contribution is 0.195. The standard InChI is InChI=1S/C18H18N6O2/c1-13-21-22-16-12-23(10-11-24(13)16)18(25)20-15-8-5-9-19-17(15)26-14-6-3-2-4-7-14/h2-9H,10-12H2,1H3,(H,20,25). The molecule has 26 heavy (non-hydrogen) atoms. The summed E-state index contributed by atoms with van der Waals surface area (Å²) in [5, 5.41) is 11.1. The minimum Gasteiger partial charge on any atom is -0.437 e. The van der Waals surface area contributed by atoms with E-state index in [-0.39, 0.29) is 6.03 Å². The number of fused-ring (bicyclic) bond motifs is 1. The second-order valence-electron chi connectivity index (χ2n) is 5.94. The number of pyridine rings is 1. The average Bonchev–Trinajstić information content (AvgIpc) is 3.04. The number of benzene rings is 1. The average molecular weight is 350 g/mol. The summed E-state index contributed by atoms with van der Waals surface area (Å²) >= 11 is 0. The fraction of sp³-hybridized carbons (Fsp3) is 0.222. The molecule has 1 aliphatic rings. The number of aryl methyl sites for hydroxylation is 1. The highest BCUT2D eigenvalue weighted by Gasteiger charge is 2.24. The molecule has 2 aromatic heterocycles. The van der Waals surface area contributed by atoms with Crippen LogP contribution in [-0.2, 0) is 13.1 Å². The summed E-state index contributed by atoms with van der Waals surface area (Å²) in [6.07, 6.45) is 1.63. The van der Waals surface area contributed by atoms with Crippen molar-refractivity contribution in [2.45, 2.75) is 20.0 Å². The molecule has 1 aliphatic heterocycles. The zero-order chi connectivity index (χ0) is 17.9. The van der Waals surface area contributed by atoms with E-state index in [1.54, 1.807) is 23.2 Å². The molecule has 0 saturated carbocycles. The summed E-state index contributed by atoms with van der Waals surface area (Å²) in [4.78, 5) is 18.6. The van der Waals surface area contributed by atoms with Gasteiger partial charge < -0.3 is 19.5 Å². The van der Waals surface area contributed by atoms with Crippen LogP contribution >= 0.6 is 0 Å². The van der Waals surface area contributed by atoms with E-state index < -0.39 is 0 Å². The summed E-state index contributed by atoms with van der Waals surface area (Å²) in [5.74, 6) is 2.66. The third-order valence-electron chi connectivity index (χ3n) is 4.20. The van der Waals surface area contributed by atoms with Crippen LogP contribution in [0.3, 0.4) is 0 Å². The third kappa shape index (κ3) is 3.21. The number of para-hydroxylation sites is 1. The molecular formula is C18H18N6O2. The molecule has 8 nitrogen and oxygen atoms in total. The Kier molecular flexibility index (Phi) is 4.22. The first-order chi connectivity index (χ1) is 12.7. The molecule has 0 aliphatic carbocycles. The van der Waals surface area contributed by atoms with Crippen LogP contribution in [0.25, 0.3) is 0 Å². The van der Waals surface area contributed by atoms with E-state index in [9.17, 15) is 4.79 Å². The number of hydrogen-bond donors (Lipinski definition) is 1. The van der Waals surface area contributed by atoms with Gasteiger partial charge in [-0.25, -0.2) is 9.78 Å². The van der Waals surface area contributed by atoms with Crippen molar-refractivity contribution in [2.75, 3.05) is 11.9 Å². The lowest BCUT2D eigenvalue weighted by Gasteiger charge is -2.27. The van der Waals surface area contributed by atoms with E-state index in [2.05, 4.69) is 20.5 Å². The van der Waals surface area contributed by atoms with Crippen molar-refractivity contribution >= 4 is 11.7 Å². The van der Waals surface area contributed by atoms with Crippen molar-refractivity contribution in [1.82, 2.24) is 24.6 Å². The molecule has 0 fully saturated rings. The first-order valence-corrected chi connectivity index (χ1v) is 8.33. The van der Waals surface area contributed by atoms with Crippen LogP contribution in [0.5, 0.6) is 11.6 Å². The van der Waals surface area contributed by atoms with Crippen molar-refractivity contribution in [3.63, 3.8) is 0 Å². The van der Waals surface area contributed by atoms with Gasteiger partial charge in [-0.1, -0.05) is 18.2 Å². The Bertz CT molecular complexity index is 924. The monoisotopic (exact) mass is 350 g/mol. The van der Waals surface area contributed by atoms with Gasteiger partial charge in [0.05, 0.1) is 6.54 Å². The molecule has 3 heterocycles. The van der Waals surface area contributed by atoms with Gasteiger partial charge in [-0.3, -0.25) is 0 Å². The molecule has 4 rings (SSSR count). The number of rotatable bonds is 3. The van der Waals surface area contributed by atoms with Crippen LogP contribution in [0.15, 0.2) is 48.7 Å². The summed E-state index contributed by atoms with van der Waals surface area (Å²) in [5.41, 5.74) is 0.518. The lowest BCUT2D eigenvalue weighted by Crippen LogP contribution is -2.41. The van der Waals surface area contributed by atoms with E-state index in [0.717, 1.165) is 11.6 Å². The summed E-state index contributed by atoms with van der Waals surface area (Å²) < 4.78 is 7.81. The smallest absolute Gasteiger partial charge is 0.322 e. The van der Waals surface area contributed by atoms with Crippen LogP contribution < -0.4 is 10.1 Å². The van der Waals surface area contributed by atoms with Gasteiger partial charge in [0.2, 0.25) is 5.88 Å². The SMILES string of the molecule is Cc1nnc2n1CCN(C(=O)Nc1cccnc1Oc1ccccc1)C2. The van der Waals surface area contributed by atoms with Crippen LogP contribution in [0.1, 0.15) is 11.6 Å². The number of amides is 2. The number of carbonyl (C=O) groups excluding carboxylic acids is 1. The van der Waals surface area contributed by atoms with E-state index >= 15 is 0 Å². The van der Waals surface area contributed by atoms with Crippen molar-refractivity contribution in [3.05, 3.63) is 60.3 Å². The molecule has 0 radical (unpaired) electrons. The molecule has 0 bridgehead atoms. The van der Waals surface area contributed by atoms with Crippen LogP contribution in [0, 0.1) is 6.92 Å². The second-order valence-corrected chi connectivity index (χ2v) is 5.94. The Morgan fingerprint density at radius 3 is 2.81 bits per heavy atom. The summed E-state index contributed by atoms with van der Waals surface area (Å²) in [7, 11) is 0. The maximum atomic E-state index is 12.7. The number of anilines is 1. The Morgan fingerprint density at radius 2 is 1.96 bits per heavy atom. The van der Waals surface area contributed by atoms with Gasteiger partial charge in [0, 0.05) is 19.3 Å². The van der Waals surface area contributed by atoms with E-state index in [0.29, 0.717) is 37.0 Å². The molecular weight excluding hydrogens is 332 g/mol. The largest absolute Gasteiger partial charge is 0.437 e. The van der Waals surface area contributed by atoms with Crippen LogP contribution in [0.4, 0.5) is 10.5 Å². The van der Waals surface area contributed by atoms with Gasteiger partial charge in [0.25, 0.3) is 0 Å². The zero-order valence-electron chi connectivity index (χ0n) is 14.3. The summed E-state index contributed by atoms with van der Waals surface area (Å²) in [6, 6.07) is 12.6. The minimum absolute atomic E-state index is 0.220. The Morgan fingerprint density at radius 1 is 1.12 bits per heavy atom. The van der Waals surface area contributed by atoms with Gasteiger partial charge in [0.15, 0.2) is 5.82 Å². The highest BCUT2D eigenvalue weighted by Crippen LogP contribution is 2.27. The quantitative estimate of drug-likeness (QED) is 0.785. The predicted molar refractivity (Wildman–Crippen MR) is 94.9 cm³/mol. The molecule has 0 saturated heterocycles. The van der Waals surface area contributed by atoms with Crippen LogP contribution in [-0.4, -0.2) is 37.2 Å². The molecule has 3 aromatic rings. The van der Waals surface area contributed by atoms with Gasteiger partial charge in [0.1, 0.15) is 17.3 Å². The van der Waals surface area contributed by atoms with Crippen molar-refractivity contribution < 1.29 is 9.53 Å². The fourth-order valence-corrected chi connectivity index (χ4v) is 2.84. The maximum absolute atomic E-state index is 12.7. The van der Waals surface area contributed by atoms with E-state index in [4.69, 9.17) is 4.74 Å². The maximum Gasteiger partial charge on any atom is 0.322 e. The molecule has 0 spiro atoms. The lowest BCUT2D eigenvalue weighted by atomic mass is 10.3.